The Kier molecular flexibility index (Phi) is 3.66. The summed E-state index contributed by atoms with van der Waals surface area (Å²) in [4.78, 5) is 2.55. The molecule has 0 aromatic rings. The highest BCUT2D eigenvalue weighted by Crippen LogP contribution is 2.65. The summed E-state index contributed by atoms with van der Waals surface area (Å²) in [6, 6.07) is 0.571. The Bertz CT molecular complexity index is 456. The lowest BCUT2D eigenvalue weighted by molar-refractivity contribution is 0.0258. The van der Waals surface area contributed by atoms with Gasteiger partial charge < -0.3 is 14.8 Å². The zero-order valence-electron chi connectivity index (χ0n) is 12.9. The predicted molar refractivity (Wildman–Crippen MR) is 82.2 cm³/mol. The quantitative estimate of drug-likeness (QED) is 0.839. The Balaban J connectivity index is 1.44. The molecule has 116 valence electrons. The summed E-state index contributed by atoms with van der Waals surface area (Å²) in [5.74, 6) is 1.51. The summed E-state index contributed by atoms with van der Waals surface area (Å²) in [5, 5.41) is 3.57. The van der Waals surface area contributed by atoms with Gasteiger partial charge in [-0.25, -0.2) is 0 Å². The van der Waals surface area contributed by atoms with Crippen LogP contribution in [0.15, 0.2) is 23.8 Å². The second-order valence-corrected chi connectivity index (χ2v) is 6.81. The molecule has 4 atom stereocenters. The van der Waals surface area contributed by atoms with Crippen LogP contribution in [0.25, 0.3) is 0 Å². The minimum absolute atomic E-state index is 0.377. The molecule has 1 saturated carbocycles. The van der Waals surface area contributed by atoms with Gasteiger partial charge in [0.15, 0.2) is 0 Å². The number of fused-ring (bicyclic) bond motifs is 1. The van der Waals surface area contributed by atoms with E-state index in [1.807, 2.05) is 7.11 Å². The fraction of sp³-hybridized carbons (Fsp3) is 0.765. The molecule has 4 aliphatic rings. The molecule has 2 aliphatic heterocycles. The van der Waals surface area contributed by atoms with E-state index in [4.69, 9.17) is 9.47 Å². The van der Waals surface area contributed by atoms with Gasteiger partial charge in [0.2, 0.25) is 0 Å². The fourth-order valence-electron chi connectivity index (χ4n) is 4.73. The first-order chi connectivity index (χ1) is 10.4. The van der Waals surface area contributed by atoms with Gasteiger partial charge in [0.25, 0.3) is 0 Å². The van der Waals surface area contributed by atoms with Crippen molar-refractivity contribution in [2.75, 3.05) is 53.1 Å². The monoisotopic (exact) mass is 290 g/mol. The molecule has 4 unspecified atom stereocenters. The van der Waals surface area contributed by atoms with E-state index in [1.54, 1.807) is 5.57 Å². The maximum atomic E-state index is 5.45. The SMILES string of the molecule is COCC1C2CNCC21C1=CCC(N2CCOCC2)C=C1. The predicted octanol–water partition coefficient (Wildman–Crippen LogP) is 1.06. The molecule has 1 N–H and O–H groups in total. The van der Waals surface area contributed by atoms with Gasteiger partial charge in [-0.3, -0.25) is 4.90 Å². The Morgan fingerprint density at radius 3 is 3.00 bits per heavy atom. The number of rotatable bonds is 4. The van der Waals surface area contributed by atoms with Gasteiger partial charge in [0, 0.05) is 38.2 Å². The first kappa shape index (κ1) is 13.9. The molecule has 2 heterocycles. The number of ether oxygens (including phenoxy) is 2. The van der Waals surface area contributed by atoms with Crippen LogP contribution in [0.5, 0.6) is 0 Å². The van der Waals surface area contributed by atoms with Crippen molar-refractivity contribution in [1.29, 1.82) is 0 Å². The van der Waals surface area contributed by atoms with E-state index in [1.165, 1.54) is 0 Å². The second kappa shape index (κ2) is 5.51. The Morgan fingerprint density at radius 1 is 1.43 bits per heavy atom. The number of methoxy groups -OCH3 is 1. The standard InChI is InChI=1S/C17H26N2O2/c1-20-11-16-15-10-18-12-17(15,16)13-2-4-14(5-3-13)19-6-8-21-9-7-19/h2-4,14-16,18H,5-12H2,1H3. The molecule has 0 amide bonds. The summed E-state index contributed by atoms with van der Waals surface area (Å²) in [5.41, 5.74) is 1.94. The fourth-order valence-corrected chi connectivity index (χ4v) is 4.73. The Morgan fingerprint density at radius 2 is 2.29 bits per heavy atom. The van der Waals surface area contributed by atoms with Crippen LogP contribution in [-0.4, -0.2) is 64.1 Å². The summed E-state index contributed by atoms with van der Waals surface area (Å²) in [7, 11) is 1.83. The van der Waals surface area contributed by atoms with Crippen LogP contribution in [0.4, 0.5) is 0 Å². The molecular formula is C17H26N2O2. The van der Waals surface area contributed by atoms with Crippen molar-refractivity contribution in [3.8, 4) is 0 Å². The number of morpholine rings is 1. The van der Waals surface area contributed by atoms with E-state index < -0.39 is 0 Å². The Labute approximate surface area is 127 Å². The lowest BCUT2D eigenvalue weighted by atomic mass is 9.87. The molecule has 2 saturated heterocycles. The van der Waals surface area contributed by atoms with Crippen LogP contribution in [-0.2, 0) is 9.47 Å². The maximum absolute atomic E-state index is 5.45. The van der Waals surface area contributed by atoms with Crippen LogP contribution in [0.3, 0.4) is 0 Å². The smallest absolute Gasteiger partial charge is 0.0594 e. The van der Waals surface area contributed by atoms with Gasteiger partial charge in [-0.15, -0.1) is 0 Å². The van der Waals surface area contributed by atoms with Crippen molar-refractivity contribution in [1.82, 2.24) is 10.2 Å². The van der Waals surface area contributed by atoms with Crippen LogP contribution in [0.2, 0.25) is 0 Å². The van der Waals surface area contributed by atoms with Crippen molar-refractivity contribution in [3.63, 3.8) is 0 Å². The number of piperidine rings is 1. The summed E-state index contributed by atoms with van der Waals surface area (Å²) in [6.07, 6.45) is 8.47. The van der Waals surface area contributed by atoms with Crippen LogP contribution in [0.1, 0.15) is 6.42 Å². The van der Waals surface area contributed by atoms with Gasteiger partial charge in [-0.2, -0.15) is 0 Å². The molecule has 3 fully saturated rings. The van der Waals surface area contributed by atoms with E-state index in [-0.39, 0.29) is 0 Å². The van der Waals surface area contributed by atoms with Gasteiger partial charge in [0.1, 0.15) is 0 Å². The van der Waals surface area contributed by atoms with Crippen molar-refractivity contribution < 1.29 is 9.47 Å². The summed E-state index contributed by atoms with van der Waals surface area (Å²) >= 11 is 0. The minimum atomic E-state index is 0.377. The van der Waals surface area contributed by atoms with Crippen LogP contribution in [0, 0.1) is 17.3 Å². The molecule has 0 radical (unpaired) electrons. The number of nitrogens with zero attached hydrogens (tertiary/aromatic N) is 1. The van der Waals surface area contributed by atoms with Crippen molar-refractivity contribution >= 4 is 0 Å². The highest BCUT2D eigenvalue weighted by atomic mass is 16.5. The molecule has 4 nitrogen and oxygen atoms in total. The highest BCUT2D eigenvalue weighted by molar-refractivity contribution is 5.42. The van der Waals surface area contributed by atoms with Gasteiger partial charge in [-0.1, -0.05) is 18.2 Å². The lowest BCUT2D eigenvalue weighted by Gasteiger charge is -2.34. The third-order valence-electron chi connectivity index (χ3n) is 5.96. The third-order valence-corrected chi connectivity index (χ3v) is 5.96. The zero-order valence-corrected chi connectivity index (χ0v) is 12.9. The van der Waals surface area contributed by atoms with Crippen LogP contribution >= 0.6 is 0 Å². The zero-order chi connectivity index (χ0) is 14.3. The van der Waals surface area contributed by atoms with Gasteiger partial charge >= 0.3 is 0 Å². The number of hydrogen-bond donors (Lipinski definition) is 1. The normalized spacial score (nSPS) is 42.7. The molecule has 0 spiro atoms. The first-order valence-corrected chi connectivity index (χ1v) is 8.26. The Hall–Kier alpha value is -0.680. The van der Waals surface area contributed by atoms with E-state index in [2.05, 4.69) is 28.4 Å². The van der Waals surface area contributed by atoms with E-state index >= 15 is 0 Å². The molecule has 4 heteroatoms. The molecule has 0 bridgehead atoms. The van der Waals surface area contributed by atoms with Crippen molar-refractivity contribution in [2.24, 2.45) is 17.3 Å². The molecule has 21 heavy (non-hydrogen) atoms. The largest absolute Gasteiger partial charge is 0.384 e. The number of hydrogen-bond acceptors (Lipinski definition) is 4. The number of nitrogens with one attached hydrogen (secondary N) is 1. The lowest BCUT2D eigenvalue weighted by Crippen LogP contribution is -2.43. The molecule has 2 aliphatic carbocycles. The van der Waals surface area contributed by atoms with E-state index in [0.29, 0.717) is 11.5 Å². The van der Waals surface area contributed by atoms with Gasteiger partial charge in [0.05, 0.1) is 19.8 Å². The molecule has 4 rings (SSSR count). The summed E-state index contributed by atoms with van der Waals surface area (Å²) < 4.78 is 10.9. The van der Waals surface area contributed by atoms with Gasteiger partial charge in [-0.05, 0) is 30.4 Å². The van der Waals surface area contributed by atoms with Crippen LogP contribution < -0.4 is 5.32 Å². The highest BCUT2D eigenvalue weighted by Gasteiger charge is 2.67. The molecule has 0 aromatic carbocycles. The topological polar surface area (TPSA) is 33.7 Å². The van der Waals surface area contributed by atoms with E-state index in [0.717, 1.165) is 64.3 Å². The molecule has 0 aromatic heterocycles. The third kappa shape index (κ3) is 2.20. The minimum Gasteiger partial charge on any atom is -0.384 e. The average molecular weight is 290 g/mol. The molecular weight excluding hydrogens is 264 g/mol. The van der Waals surface area contributed by atoms with Crippen molar-refractivity contribution in [2.45, 2.75) is 12.5 Å². The second-order valence-electron chi connectivity index (χ2n) is 6.81. The average Bonchev–Trinajstić information content (AvgIpc) is 2.94. The summed E-state index contributed by atoms with van der Waals surface area (Å²) in [6.45, 7) is 7.10. The van der Waals surface area contributed by atoms with E-state index in [9.17, 15) is 0 Å². The first-order valence-electron chi connectivity index (χ1n) is 8.26. The maximum Gasteiger partial charge on any atom is 0.0594 e. The van der Waals surface area contributed by atoms with Crippen molar-refractivity contribution in [3.05, 3.63) is 23.8 Å². The number of allylic oxidation sites excluding steroid dienone is 1.